The second-order valence-corrected chi connectivity index (χ2v) is 7.35. The maximum Gasteiger partial charge on any atom is 0.243 e. The van der Waals surface area contributed by atoms with Gasteiger partial charge in [0.25, 0.3) is 0 Å². The third kappa shape index (κ3) is 6.22. The van der Waals surface area contributed by atoms with Crippen molar-refractivity contribution in [2.45, 2.75) is 31.8 Å². The third-order valence-corrected chi connectivity index (χ3v) is 5.15. The number of rotatable bonds is 6. The summed E-state index contributed by atoms with van der Waals surface area (Å²) in [6, 6.07) is 7.87. The second kappa shape index (κ2) is 9.71. The molecule has 3 rings (SSSR count). The van der Waals surface area contributed by atoms with Gasteiger partial charge in [0.1, 0.15) is 0 Å². The fraction of sp³-hybridized carbons (Fsp3) is 0.600. The van der Waals surface area contributed by atoms with Crippen molar-refractivity contribution in [2.24, 2.45) is 0 Å². The molecule has 2 saturated heterocycles. The van der Waals surface area contributed by atoms with E-state index < -0.39 is 0 Å². The predicted molar refractivity (Wildman–Crippen MR) is 106 cm³/mol. The number of carbonyl (C=O) groups is 2. The van der Waals surface area contributed by atoms with E-state index in [1.807, 2.05) is 24.3 Å². The van der Waals surface area contributed by atoms with E-state index in [-0.39, 0.29) is 24.5 Å². The Morgan fingerprint density at radius 2 is 1.81 bits per heavy atom. The minimum Gasteiger partial charge on any atom is -0.378 e. The smallest absolute Gasteiger partial charge is 0.243 e. The molecule has 1 aromatic carbocycles. The summed E-state index contributed by atoms with van der Waals surface area (Å²) in [6.45, 7) is 4.85. The van der Waals surface area contributed by atoms with E-state index in [9.17, 15) is 9.59 Å². The number of benzene rings is 1. The monoisotopic (exact) mass is 374 g/mol. The van der Waals surface area contributed by atoms with E-state index in [0.717, 1.165) is 57.7 Å². The molecule has 0 saturated carbocycles. The largest absolute Gasteiger partial charge is 0.378 e. The number of ether oxygens (including phenoxy) is 1. The Balaban J connectivity index is 1.39. The number of carbonyl (C=O) groups excluding carboxylic acids is 2. The Morgan fingerprint density at radius 1 is 1.07 bits per heavy atom. The van der Waals surface area contributed by atoms with Gasteiger partial charge in [-0.2, -0.15) is 0 Å². The number of amides is 2. The summed E-state index contributed by atoms with van der Waals surface area (Å²) in [5, 5.41) is 5.50. The summed E-state index contributed by atoms with van der Waals surface area (Å²) >= 11 is 0. The van der Waals surface area contributed by atoms with Crippen LogP contribution in [0.25, 0.3) is 0 Å². The zero-order valence-corrected chi connectivity index (χ0v) is 16.1. The quantitative estimate of drug-likeness (QED) is 0.789. The third-order valence-electron chi connectivity index (χ3n) is 5.15. The van der Waals surface area contributed by atoms with Crippen LogP contribution in [-0.2, 0) is 14.3 Å². The van der Waals surface area contributed by atoms with Crippen molar-refractivity contribution < 1.29 is 14.3 Å². The first-order chi connectivity index (χ1) is 13.1. The van der Waals surface area contributed by atoms with Gasteiger partial charge in [0, 0.05) is 44.2 Å². The number of nitrogens with one attached hydrogen (secondary N) is 2. The van der Waals surface area contributed by atoms with Crippen molar-refractivity contribution in [3.63, 3.8) is 0 Å². The lowest BCUT2D eigenvalue weighted by Gasteiger charge is -2.34. The van der Waals surface area contributed by atoms with Crippen LogP contribution in [0.2, 0.25) is 0 Å². The van der Waals surface area contributed by atoms with E-state index in [1.165, 1.54) is 5.69 Å². The number of nitrogens with zero attached hydrogens (tertiary/aromatic N) is 2. The molecule has 27 heavy (non-hydrogen) atoms. The SMILES string of the molecule is CN1CCN(c2ccc(NC(=O)CNC(=O)CC3CCCCO3)cc2)CC1. The summed E-state index contributed by atoms with van der Waals surface area (Å²) in [6.07, 6.45) is 3.40. The standard InChI is InChI=1S/C20H30N4O3/c1-23-9-11-24(12-10-23)17-7-5-16(6-8-17)22-20(26)15-21-19(25)14-18-4-2-3-13-27-18/h5-8,18H,2-4,9-15H2,1H3,(H,21,25)(H,22,26). The van der Waals surface area contributed by atoms with Crippen LogP contribution in [0.3, 0.4) is 0 Å². The summed E-state index contributed by atoms with van der Waals surface area (Å²) in [5.41, 5.74) is 1.91. The van der Waals surface area contributed by atoms with Crippen molar-refractivity contribution in [2.75, 3.05) is 56.6 Å². The maximum atomic E-state index is 12.1. The van der Waals surface area contributed by atoms with Crippen molar-refractivity contribution in [1.82, 2.24) is 10.2 Å². The van der Waals surface area contributed by atoms with Gasteiger partial charge < -0.3 is 25.2 Å². The lowest BCUT2D eigenvalue weighted by atomic mass is 10.1. The zero-order valence-electron chi connectivity index (χ0n) is 16.1. The lowest BCUT2D eigenvalue weighted by molar-refractivity contribution is -0.127. The Morgan fingerprint density at radius 3 is 2.48 bits per heavy atom. The molecule has 0 bridgehead atoms. The van der Waals surface area contributed by atoms with Crippen LogP contribution in [0, 0.1) is 0 Å². The molecular formula is C20H30N4O3. The van der Waals surface area contributed by atoms with Gasteiger partial charge in [-0.05, 0) is 50.6 Å². The highest BCUT2D eigenvalue weighted by molar-refractivity contribution is 5.94. The predicted octanol–water partition coefficient (Wildman–Crippen LogP) is 1.45. The fourth-order valence-corrected chi connectivity index (χ4v) is 3.45. The fourth-order valence-electron chi connectivity index (χ4n) is 3.45. The highest BCUT2D eigenvalue weighted by Gasteiger charge is 2.18. The molecule has 2 N–H and O–H groups in total. The van der Waals surface area contributed by atoms with Crippen molar-refractivity contribution >= 4 is 23.2 Å². The topological polar surface area (TPSA) is 73.9 Å². The molecule has 0 radical (unpaired) electrons. The van der Waals surface area contributed by atoms with Crippen molar-refractivity contribution in [3.8, 4) is 0 Å². The normalized spacial score (nSPS) is 20.9. The Kier molecular flexibility index (Phi) is 7.06. The molecule has 7 nitrogen and oxygen atoms in total. The first-order valence-corrected chi connectivity index (χ1v) is 9.82. The van der Waals surface area contributed by atoms with Crippen LogP contribution < -0.4 is 15.5 Å². The lowest BCUT2D eigenvalue weighted by Crippen LogP contribution is -2.44. The molecule has 2 fully saturated rings. The van der Waals surface area contributed by atoms with Crippen molar-refractivity contribution in [3.05, 3.63) is 24.3 Å². The van der Waals surface area contributed by atoms with Crippen LogP contribution in [0.1, 0.15) is 25.7 Å². The molecule has 7 heteroatoms. The second-order valence-electron chi connectivity index (χ2n) is 7.35. The van der Waals surface area contributed by atoms with Gasteiger partial charge in [-0.3, -0.25) is 9.59 Å². The average Bonchev–Trinajstić information content (AvgIpc) is 2.68. The van der Waals surface area contributed by atoms with Gasteiger partial charge in [-0.1, -0.05) is 0 Å². The number of hydrogen-bond donors (Lipinski definition) is 2. The van der Waals surface area contributed by atoms with Gasteiger partial charge in [0.05, 0.1) is 19.1 Å². The Hall–Kier alpha value is -2.12. The number of hydrogen-bond acceptors (Lipinski definition) is 5. The van der Waals surface area contributed by atoms with Gasteiger partial charge in [0.2, 0.25) is 11.8 Å². The van der Waals surface area contributed by atoms with E-state index in [4.69, 9.17) is 4.74 Å². The number of piperazine rings is 1. The number of anilines is 2. The van der Waals surface area contributed by atoms with Crippen LogP contribution >= 0.6 is 0 Å². The van der Waals surface area contributed by atoms with Gasteiger partial charge in [-0.15, -0.1) is 0 Å². The molecule has 1 aromatic rings. The van der Waals surface area contributed by atoms with Gasteiger partial charge in [0.15, 0.2) is 0 Å². The molecule has 1 atom stereocenters. The van der Waals surface area contributed by atoms with E-state index in [2.05, 4.69) is 27.5 Å². The van der Waals surface area contributed by atoms with Crippen LogP contribution in [0.4, 0.5) is 11.4 Å². The molecule has 2 amide bonds. The summed E-state index contributed by atoms with van der Waals surface area (Å²) < 4.78 is 5.55. The average molecular weight is 374 g/mol. The minimum atomic E-state index is -0.222. The van der Waals surface area contributed by atoms with E-state index in [0.29, 0.717) is 6.42 Å². The van der Waals surface area contributed by atoms with Crippen LogP contribution in [-0.4, -0.2) is 69.2 Å². The summed E-state index contributed by atoms with van der Waals surface area (Å²) in [4.78, 5) is 28.7. The molecule has 148 valence electrons. The maximum absolute atomic E-state index is 12.1. The summed E-state index contributed by atoms with van der Waals surface area (Å²) in [7, 11) is 2.14. The van der Waals surface area contributed by atoms with Crippen LogP contribution in [0.5, 0.6) is 0 Å². The van der Waals surface area contributed by atoms with E-state index in [1.54, 1.807) is 0 Å². The summed E-state index contributed by atoms with van der Waals surface area (Å²) in [5.74, 6) is -0.359. The van der Waals surface area contributed by atoms with Crippen molar-refractivity contribution in [1.29, 1.82) is 0 Å². The zero-order chi connectivity index (χ0) is 19.1. The molecule has 0 spiro atoms. The molecule has 2 aliphatic heterocycles. The molecule has 0 aromatic heterocycles. The Bertz CT molecular complexity index is 621. The first kappa shape index (κ1) is 19.6. The molecular weight excluding hydrogens is 344 g/mol. The van der Waals surface area contributed by atoms with Gasteiger partial charge in [-0.25, -0.2) is 0 Å². The first-order valence-electron chi connectivity index (χ1n) is 9.82. The Labute approximate surface area is 161 Å². The molecule has 1 unspecified atom stereocenters. The minimum absolute atomic E-state index is 0.0102. The van der Waals surface area contributed by atoms with Crippen LogP contribution in [0.15, 0.2) is 24.3 Å². The molecule has 2 aliphatic rings. The van der Waals surface area contributed by atoms with Gasteiger partial charge >= 0.3 is 0 Å². The highest BCUT2D eigenvalue weighted by atomic mass is 16.5. The molecule has 0 aliphatic carbocycles. The van der Waals surface area contributed by atoms with E-state index >= 15 is 0 Å². The number of likely N-dealkylation sites (N-methyl/N-ethyl adjacent to an activating group) is 1. The highest BCUT2D eigenvalue weighted by Crippen LogP contribution is 2.19. The molecule has 2 heterocycles.